The second-order valence-electron chi connectivity index (χ2n) is 5.48. The van der Waals surface area contributed by atoms with Gasteiger partial charge >= 0.3 is 0 Å². The van der Waals surface area contributed by atoms with E-state index in [1.54, 1.807) is 12.1 Å². The number of halogens is 3. The Morgan fingerprint density at radius 1 is 1.50 bits per heavy atom. The van der Waals surface area contributed by atoms with E-state index in [-0.39, 0.29) is 21.4 Å². The van der Waals surface area contributed by atoms with Crippen molar-refractivity contribution in [2.45, 2.75) is 18.5 Å². The molecule has 1 aliphatic rings. The lowest BCUT2D eigenvalue weighted by Gasteiger charge is -2.35. The van der Waals surface area contributed by atoms with Gasteiger partial charge in [-0.15, -0.1) is 11.3 Å². The summed E-state index contributed by atoms with van der Waals surface area (Å²) in [4.78, 5) is 13.5. The first-order chi connectivity index (χ1) is 13.4. The molecule has 2 N–H and O–H groups in total. The molecule has 1 aliphatic heterocycles. The zero-order valence-corrected chi connectivity index (χ0v) is 16.8. The Balaban J connectivity index is 1.95. The predicted octanol–water partition coefficient (Wildman–Crippen LogP) is 3.52. The molecule has 140 valence electrons. The quantitative estimate of drug-likeness (QED) is 0.698. The van der Waals surface area contributed by atoms with Crippen LogP contribution in [0.5, 0.6) is 0 Å². The molecule has 2 aromatic rings. The lowest BCUT2D eigenvalue weighted by Crippen LogP contribution is -2.55. The highest BCUT2D eigenvalue weighted by Gasteiger charge is 2.41. The van der Waals surface area contributed by atoms with Crippen LogP contribution >= 0.6 is 38.9 Å². The number of carbonyl (C=O) groups is 1. The van der Waals surface area contributed by atoms with Gasteiger partial charge in [-0.3, -0.25) is 4.79 Å². The smallest absolute Gasteiger partial charge is 0.280 e. The monoisotopic (exact) mass is 484 g/mol. The molecule has 0 bridgehead atoms. The fourth-order valence-electron chi connectivity index (χ4n) is 2.47. The minimum atomic E-state index is -4.51. The van der Waals surface area contributed by atoms with Crippen molar-refractivity contribution in [2.75, 3.05) is 12.3 Å². The molecule has 2 atom stereocenters. The van der Waals surface area contributed by atoms with E-state index in [0.29, 0.717) is 4.88 Å². The van der Waals surface area contributed by atoms with Crippen molar-refractivity contribution in [3.8, 4) is 0 Å². The van der Waals surface area contributed by atoms with Crippen molar-refractivity contribution in [3.05, 3.63) is 49.8 Å². The molecule has 1 amide bonds. The van der Waals surface area contributed by atoms with Gasteiger partial charge < -0.3 is 5.32 Å². The van der Waals surface area contributed by atoms with Crippen molar-refractivity contribution in [3.63, 3.8) is 0 Å². The molecule has 0 unspecified atom stereocenters. The lowest BCUT2D eigenvalue weighted by molar-refractivity contribution is -0.120. The van der Waals surface area contributed by atoms with Gasteiger partial charge in [0.25, 0.3) is 10.2 Å². The average molecular weight is 486 g/mol. The van der Waals surface area contributed by atoms with E-state index in [1.165, 1.54) is 17.4 Å². The van der Waals surface area contributed by atoms with Gasteiger partial charge in [-0.1, -0.05) is 11.6 Å². The number of nitrogens with zero attached hydrogens (tertiary/aromatic N) is 1. The minimum absolute atomic E-state index is 0.109. The topological polar surface area (TPSA) is 78.5 Å². The standard InChI is InChI=1S/C15H14BrClFN3O3S2/c1-21-12(15(22)19-8-2-3-10(18)9(17)6-8)7-11(20-26(21,23)24)13-4-5-14(16)25-13/h2-6,11-12,20H,7H2,1H3,(H,19,22)/t11-,12+/m1/s1/i1D3. The molecule has 26 heavy (non-hydrogen) atoms. The largest absolute Gasteiger partial charge is 0.325 e. The van der Waals surface area contributed by atoms with Crippen LogP contribution in [0, 0.1) is 5.82 Å². The van der Waals surface area contributed by atoms with Gasteiger partial charge in [0.15, 0.2) is 0 Å². The highest BCUT2D eigenvalue weighted by molar-refractivity contribution is 9.11. The highest BCUT2D eigenvalue weighted by Crippen LogP contribution is 2.34. The van der Waals surface area contributed by atoms with Crippen LogP contribution in [0.15, 0.2) is 34.1 Å². The first kappa shape index (κ1) is 16.0. The van der Waals surface area contributed by atoms with Crippen molar-refractivity contribution >= 4 is 60.7 Å². The second kappa shape index (κ2) is 7.53. The molecular formula is C15H14BrClFN3O3S2. The maximum atomic E-state index is 13.3. The van der Waals surface area contributed by atoms with E-state index in [1.807, 2.05) is 0 Å². The number of likely N-dealkylation sites (N-methyl/N-ethyl adjacent to an activating group) is 1. The number of amides is 1. The Morgan fingerprint density at radius 2 is 2.27 bits per heavy atom. The molecule has 11 heteroatoms. The maximum Gasteiger partial charge on any atom is 0.280 e. The zero-order chi connectivity index (χ0) is 21.6. The van der Waals surface area contributed by atoms with Crippen molar-refractivity contribution in [1.82, 2.24) is 9.03 Å². The van der Waals surface area contributed by atoms with Gasteiger partial charge in [-0.25, -0.2) is 4.39 Å². The number of hydrogen-bond donors (Lipinski definition) is 2. The SMILES string of the molecule is [2H]C([2H])([2H])N1[C@H](C(=O)Nc2ccc(F)c(Cl)c2)C[C@H](c2ccc(Br)s2)NS1(=O)=O. The molecular weight excluding hydrogens is 469 g/mol. The number of anilines is 1. The van der Waals surface area contributed by atoms with Gasteiger partial charge in [0.1, 0.15) is 11.9 Å². The molecule has 0 aliphatic carbocycles. The summed E-state index contributed by atoms with van der Waals surface area (Å²) < 4.78 is 64.8. The number of carbonyl (C=O) groups excluding carboxylic acids is 1. The lowest BCUT2D eigenvalue weighted by atomic mass is 10.1. The summed E-state index contributed by atoms with van der Waals surface area (Å²) in [5.74, 6) is -1.56. The van der Waals surface area contributed by atoms with E-state index < -0.39 is 41.0 Å². The van der Waals surface area contributed by atoms with Crippen LogP contribution in [0.2, 0.25) is 5.02 Å². The third-order valence-corrected chi connectivity index (χ3v) is 7.10. The molecule has 6 nitrogen and oxygen atoms in total. The van der Waals surface area contributed by atoms with E-state index in [2.05, 4.69) is 26.0 Å². The Bertz CT molecular complexity index is 1050. The van der Waals surface area contributed by atoms with E-state index >= 15 is 0 Å². The number of thiophene rings is 1. The van der Waals surface area contributed by atoms with Gasteiger partial charge in [-0.2, -0.15) is 17.4 Å². The number of nitrogens with one attached hydrogen (secondary N) is 2. The van der Waals surface area contributed by atoms with Gasteiger partial charge in [0, 0.05) is 21.7 Å². The molecule has 0 spiro atoms. The molecule has 1 saturated heterocycles. The summed E-state index contributed by atoms with van der Waals surface area (Å²) >= 11 is 10.3. The first-order valence-electron chi connectivity index (χ1n) is 8.71. The summed E-state index contributed by atoms with van der Waals surface area (Å²) in [5.41, 5.74) is 0.109. The van der Waals surface area contributed by atoms with Crippen LogP contribution in [0.3, 0.4) is 0 Å². The summed E-state index contributed by atoms with van der Waals surface area (Å²) in [6.45, 7) is -3.09. The Labute approximate surface area is 171 Å². The van der Waals surface area contributed by atoms with Crippen LogP contribution in [-0.4, -0.2) is 31.6 Å². The van der Waals surface area contributed by atoms with Crippen LogP contribution in [0.25, 0.3) is 0 Å². The molecule has 1 aromatic carbocycles. The fourth-order valence-corrected chi connectivity index (χ4v) is 5.43. The first-order valence-corrected chi connectivity index (χ1v) is 10.6. The summed E-state index contributed by atoms with van der Waals surface area (Å²) in [7, 11) is -4.51. The highest BCUT2D eigenvalue weighted by atomic mass is 79.9. The van der Waals surface area contributed by atoms with E-state index in [0.717, 1.165) is 15.9 Å². The Hall–Kier alpha value is -1.04. The summed E-state index contributed by atoms with van der Waals surface area (Å²) in [5, 5.41) is 2.18. The van der Waals surface area contributed by atoms with E-state index in [9.17, 15) is 17.6 Å². The zero-order valence-electron chi connectivity index (χ0n) is 15.9. The number of rotatable bonds is 3. The van der Waals surface area contributed by atoms with Gasteiger partial charge in [0.2, 0.25) is 5.91 Å². The minimum Gasteiger partial charge on any atom is -0.325 e. The van der Waals surface area contributed by atoms with Crippen molar-refractivity contribution in [1.29, 1.82) is 0 Å². The molecule has 0 radical (unpaired) electrons. The number of hydrogen-bond acceptors (Lipinski definition) is 4. The average Bonchev–Trinajstić information content (AvgIpc) is 3.02. The van der Waals surface area contributed by atoms with Crippen LogP contribution in [0.4, 0.5) is 10.1 Å². The summed E-state index contributed by atoms with van der Waals surface area (Å²) in [6.07, 6.45) is -0.120. The molecule has 2 heterocycles. The van der Waals surface area contributed by atoms with Crippen LogP contribution < -0.4 is 10.0 Å². The maximum absolute atomic E-state index is 13.3. The molecule has 1 fully saturated rings. The molecule has 3 rings (SSSR count). The predicted molar refractivity (Wildman–Crippen MR) is 103 cm³/mol. The van der Waals surface area contributed by atoms with Gasteiger partial charge in [-0.05, 0) is 52.7 Å². The Kier molecular flexibility index (Phi) is 4.62. The normalized spacial score (nSPS) is 25.1. The molecule has 0 saturated carbocycles. The third kappa shape index (κ3) is 4.10. The van der Waals surface area contributed by atoms with Crippen molar-refractivity contribution < 1.29 is 21.7 Å². The van der Waals surface area contributed by atoms with Gasteiger partial charge in [0.05, 0.1) is 14.9 Å². The Morgan fingerprint density at radius 3 is 2.88 bits per heavy atom. The van der Waals surface area contributed by atoms with Crippen LogP contribution in [0.1, 0.15) is 21.5 Å². The third-order valence-electron chi connectivity index (χ3n) is 3.72. The van der Waals surface area contributed by atoms with Crippen molar-refractivity contribution in [2.24, 2.45) is 0 Å². The van der Waals surface area contributed by atoms with E-state index in [4.69, 9.17) is 15.7 Å². The number of benzene rings is 1. The molecule has 1 aromatic heterocycles. The fraction of sp³-hybridized carbons (Fsp3) is 0.267. The second-order valence-corrected chi connectivity index (χ2v) is 9.96. The van der Waals surface area contributed by atoms with Crippen LogP contribution in [-0.2, 0) is 15.0 Å². The summed E-state index contributed by atoms with van der Waals surface area (Å²) in [6, 6.07) is 4.51.